The van der Waals surface area contributed by atoms with E-state index in [1.165, 1.54) is 0 Å². The van der Waals surface area contributed by atoms with Crippen molar-refractivity contribution in [3.8, 4) is 0 Å². The van der Waals surface area contributed by atoms with Gasteiger partial charge in [0.25, 0.3) is 5.91 Å². The van der Waals surface area contributed by atoms with Crippen molar-refractivity contribution < 1.29 is 45.6 Å². The van der Waals surface area contributed by atoms with Crippen molar-refractivity contribution in [2.24, 2.45) is 4.99 Å². The van der Waals surface area contributed by atoms with Gasteiger partial charge in [-0.3, -0.25) is 20.1 Å². The zero-order valence-electron chi connectivity index (χ0n) is 24.2. The summed E-state index contributed by atoms with van der Waals surface area (Å²) in [6.07, 6.45) is -5.07. The molecule has 18 heteroatoms. The van der Waals surface area contributed by atoms with Crippen molar-refractivity contribution in [1.29, 1.82) is 0 Å². The number of aryl methyl sites for hydroxylation is 2. The second-order valence-electron chi connectivity index (χ2n) is 10.1. The first-order valence-electron chi connectivity index (χ1n) is 13.5. The fourth-order valence-electron chi connectivity index (χ4n) is 4.51. The lowest BCUT2D eigenvalue weighted by molar-refractivity contribution is -0.192. The van der Waals surface area contributed by atoms with Gasteiger partial charge in [-0.15, -0.1) is 0 Å². The molecule has 1 amide bonds. The number of carbonyl (C=O) groups is 2. The van der Waals surface area contributed by atoms with Crippen molar-refractivity contribution in [1.82, 2.24) is 20.1 Å². The van der Waals surface area contributed by atoms with Gasteiger partial charge in [-0.1, -0.05) is 11.2 Å². The molecule has 2 aliphatic rings. The van der Waals surface area contributed by atoms with E-state index in [0.29, 0.717) is 36.4 Å². The number of nitrogens with one attached hydrogen (secondary N) is 2. The predicted octanol–water partition coefficient (Wildman–Crippen LogP) is 5.90. The third-order valence-electron chi connectivity index (χ3n) is 6.64. The summed E-state index contributed by atoms with van der Waals surface area (Å²) in [5.41, 5.74) is 3.14. The standard InChI is InChI=1S/C27H21F3N8O2.C2HF3O2/c1-14-3-4-18(34-25(39)21-11-17(5-6-31-21)27(28,29)30)12-19(14)20-10-16-13-33-26(35-22-9-15(2)37-40-22)36-23(16)38-8-7-32-24(20)38;3-2(4,5)1(6)7/h3-6,9-13H,7-8H2,1-2H3,(H,34,39)(H,33,35,36);(H,6,7). The number of carboxylic acids is 1. The topological polar surface area (TPSA) is 159 Å². The molecule has 1 aromatic carbocycles. The molecule has 3 aromatic heterocycles. The maximum atomic E-state index is 13.1. The SMILES string of the molecule is Cc1cc(Nc2ncc3c(n2)N2CCN=C2C(c2cc(NC(=O)c4cc(C(F)(F)F)ccn4)ccc2C)=C3)on1.O=C(O)C(F)(F)F. The second kappa shape index (κ2) is 12.5. The largest absolute Gasteiger partial charge is 0.490 e. The fourth-order valence-corrected chi connectivity index (χ4v) is 4.51. The van der Waals surface area contributed by atoms with Gasteiger partial charge in [0.2, 0.25) is 11.8 Å². The normalized spacial score (nSPS) is 13.8. The number of aromatic nitrogens is 4. The summed E-state index contributed by atoms with van der Waals surface area (Å²) in [4.78, 5) is 41.2. The Morgan fingerprint density at radius 2 is 1.77 bits per heavy atom. The van der Waals surface area contributed by atoms with Crippen molar-refractivity contribution in [2.75, 3.05) is 28.6 Å². The van der Waals surface area contributed by atoms with Crippen LogP contribution in [0.25, 0.3) is 11.6 Å². The van der Waals surface area contributed by atoms with E-state index in [4.69, 9.17) is 19.4 Å². The molecule has 3 N–H and O–H groups in total. The van der Waals surface area contributed by atoms with Crippen LogP contribution in [0.3, 0.4) is 0 Å². The third-order valence-corrected chi connectivity index (χ3v) is 6.64. The highest BCUT2D eigenvalue weighted by Gasteiger charge is 2.38. The lowest BCUT2D eigenvalue weighted by atomic mass is 9.94. The lowest BCUT2D eigenvalue weighted by Gasteiger charge is -2.28. The van der Waals surface area contributed by atoms with Crippen molar-refractivity contribution in [2.45, 2.75) is 26.2 Å². The Bertz CT molecular complexity index is 1920. The minimum Gasteiger partial charge on any atom is -0.475 e. The highest BCUT2D eigenvalue weighted by Crippen LogP contribution is 2.37. The van der Waals surface area contributed by atoms with Gasteiger partial charge in [-0.05, 0) is 55.3 Å². The first-order chi connectivity index (χ1) is 22.1. The van der Waals surface area contributed by atoms with Gasteiger partial charge >= 0.3 is 18.3 Å². The molecule has 12 nitrogen and oxygen atoms in total. The van der Waals surface area contributed by atoms with Gasteiger partial charge < -0.3 is 19.8 Å². The Balaban J connectivity index is 0.000000559. The summed E-state index contributed by atoms with van der Waals surface area (Å²) in [6, 6.07) is 8.55. The van der Waals surface area contributed by atoms with E-state index in [1.807, 2.05) is 30.9 Å². The molecule has 0 saturated heterocycles. The average Bonchev–Trinajstić information content (AvgIpc) is 3.67. The molecule has 47 heavy (non-hydrogen) atoms. The Morgan fingerprint density at radius 3 is 2.43 bits per heavy atom. The smallest absolute Gasteiger partial charge is 0.475 e. The summed E-state index contributed by atoms with van der Waals surface area (Å²) in [5.74, 6) is -1.33. The van der Waals surface area contributed by atoms with Crippen LogP contribution < -0.4 is 15.5 Å². The number of carbonyl (C=O) groups excluding carboxylic acids is 1. The van der Waals surface area contributed by atoms with Crippen molar-refractivity contribution >= 4 is 52.7 Å². The molecular formula is C29H22F6N8O4. The lowest BCUT2D eigenvalue weighted by Crippen LogP contribution is -2.32. The number of carboxylic acid groups (broad SMARTS) is 1. The number of aliphatic carboxylic acids is 1. The molecule has 0 aliphatic carbocycles. The molecule has 0 spiro atoms. The Kier molecular flexibility index (Phi) is 8.68. The molecule has 2 aliphatic heterocycles. The van der Waals surface area contributed by atoms with Crippen LogP contribution >= 0.6 is 0 Å². The zero-order valence-corrected chi connectivity index (χ0v) is 24.2. The molecule has 4 aromatic rings. The number of pyridine rings is 1. The Labute approximate surface area is 260 Å². The Morgan fingerprint density at radius 1 is 1.02 bits per heavy atom. The van der Waals surface area contributed by atoms with Gasteiger partial charge in [0, 0.05) is 41.8 Å². The van der Waals surface area contributed by atoms with Crippen LogP contribution in [-0.2, 0) is 11.0 Å². The van der Waals surface area contributed by atoms with Crippen LogP contribution in [0.15, 0.2) is 58.3 Å². The van der Waals surface area contributed by atoms with Crippen molar-refractivity contribution in [3.05, 3.63) is 82.4 Å². The number of aliphatic imine (C=N–C) groups is 1. The molecule has 5 heterocycles. The molecule has 6 rings (SSSR count). The number of hydrogen-bond donors (Lipinski definition) is 3. The number of benzene rings is 1. The monoisotopic (exact) mass is 660 g/mol. The minimum absolute atomic E-state index is 0.337. The summed E-state index contributed by atoms with van der Waals surface area (Å²) < 4.78 is 76.2. The number of nitrogens with zero attached hydrogens (tertiary/aromatic N) is 6. The van der Waals surface area contributed by atoms with E-state index in [2.05, 4.69) is 30.7 Å². The van der Waals surface area contributed by atoms with Crippen LogP contribution in [0, 0.1) is 13.8 Å². The van der Waals surface area contributed by atoms with E-state index in [1.54, 1.807) is 24.4 Å². The first-order valence-corrected chi connectivity index (χ1v) is 13.5. The number of halogens is 6. The fraction of sp³-hybridized carbons (Fsp3) is 0.207. The number of hydrogen-bond acceptors (Lipinski definition) is 10. The molecule has 0 atom stereocenters. The van der Waals surface area contributed by atoms with Crippen LogP contribution in [0.5, 0.6) is 0 Å². The first kappa shape index (κ1) is 32.6. The van der Waals surface area contributed by atoms with Gasteiger partial charge in [0.15, 0.2) is 0 Å². The quantitative estimate of drug-likeness (QED) is 0.220. The third kappa shape index (κ3) is 7.37. The van der Waals surface area contributed by atoms with E-state index < -0.39 is 29.8 Å². The van der Waals surface area contributed by atoms with E-state index in [9.17, 15) is 31.1 Å². The summed E-state index contributed by atoms with van der Waals surface area (Å²) in [6.45, 7) is 4.92. The second-order valence-corrected chi connectivity index (χ2v) is 10.1. The van der Waals surface area contributed by atoms with Crippen LogP contribution in [0.1, 0.15) is 38.4 Å². The summed E-state index contributed by atoms with van der Waals surface area (Å²) in [7, 11) is 0. The van der Waals surface area contributed by atoms with Crippen molar-refractivity contribution in [3.63, 3.8) is 0 Å². The highest BCUT2D eigenvalue weighted by molar-refractivity contribution is 6.36. The van der Waals surface area contributed by atoms with Crippen LogP contribution in [0.2, 0.25) is 0 Å². The van der Waals surface area contributed by atoms with E-state index in [-0.39, 0.29) is 5.69 Å². The number of amidine groups is 1. The highest BCUT2D eigenvalue weighted by atomic mass is 19.4. The number of amides is 1. The average molecular weight is 661 g/mol. The molecular weight excluding hydrogens is 638 g/mol. The molecule has 244 valence electrons. The number of fused-ring (bicyclic) bond motifs is 3. The maximum Gasteiger partial charge on any atom is 0.490 e. The van der Waals surface area contributed by atoms with Crippen LogP contribution in [0.4, 0.5) is 49.7 Å². The number of anilines is 4. The van der Waals surface area contributed by atoms with Gasteiger partial charge in [-0.25, -0.2) is 9.78 Å². The van der Waals surface area contributed by atoms with E-state index in [0.717, 1.165) is 52.1 Å². The summed E-state index contributed by atoms with van der Waals surface area (Å²) in [5, 5.41) is 16.6. The molecule has 0 radical (unpaired) electrons. The van der Waals surface area contributed by atoms with Gasteiger partial charge in [0.05, 0.1) is 17.8 Å². The Hall–Kier alpha value is -5.81. The number of rotatable bonds is 5. The van der Waals surface area contributed by atoms with Gasteiger partial charge in [-0.2, -0.15) is 31.3 Å². The van der Waals surface area contributed by atoms with E-state index >= 15 is 0 Å². The molecule has 0 bridgehead atoms. The number of alkyl halides is 6. The summed E-state index contributed by atoms with van der Waals surface area (Å²) >= 11 is 0. The predicted molar refractivity (Wildman–Crippen MR) is 156 cm³/mol. The minimum atomic E-state index is -5.08. The molecule has 0 fully saturated rings. The molecule has 0 unspecified atom stereocenters. The zero-order chi connectivity index (χ0) is 34.1. The van der Waals surface area contributed by atoms with Crippen LogP contribution in [-0.4, -0.2) is 62.2 Å². The van der Waals surface area contributed by atoms with Gasteiger partial charge in [0.1, 0.15) is 17.3 Å². The molecule has 0 saturated carbocycles. The maximum absolute atomic E-state index is 13.1.